The molecule has 4 amide bonds. The van der Waals surface area contributed by atoms with Crippen LogP contribution in [-0.2, 0) is 38.6 Å². The lowest BCUT2D eigenvalue weighted by atomic mass is 10.0. The topological polar surface area (TPSA) is 177 Å². The molecular weight excluding hydrogens is 640 g/mol. The molecule has 2 bridgehead atoms. The monoisotopic (exact) mass is 675 g/mol. The number of nitrogens with one attached hydrogen (secondary N) is 4. The number of benzene rings is 3. The van der Waals surface area contributed by atoms with E-state index < -0.39 is 60.5 Å². The first kappa shape index (κ1) is 34.6. The Morgan fingerprint density at radius 1 is 1.00 bits per heavy atom. The summed E-state index contributed by atoms with van der Waals surface area (Å²) >= 11 is 0. The van der Waals surface area contributed by atoms with Crippen LogP contribution < -0.4 is 26.0 Å². The van der Waals surface area contributed by atoms with Gasteiger partial charge in [0.1, 0.15) is 36.8 Å². The van der Waals surface area contributed by atoms with Crippen LogP contribution in [0.2, 0.25) is 0 Å². The molecule has 256 valence electrons. The zero-order valence-electron chi connectivity index (χ0n) is 26.5. The molecule has 15 heteroatoms. The van der Waals surface area contributed by atoms with Crippen LogP contribution in [-0.4, -0.2) is 75.3 Å². The third kappa shape index (κ3) is 9.01. The minimum atomic E-state index is -1.45. The van der Waals surface area contributed by atoms with E-state index in [1.54, 1.807) is 43.3 Å². The molecule has 0 saturated carbocycles. The van der Waals surface area contributed by atoms with Gasteiger partial charge in [-0.3, -0.25) is 19.2 Å². The van der Waals surface area contributed by atoms with Crippen molar-refractivity contribution in [1.82, 2.24) is 36.0 Å². The van der Waals surface area contributed by atoms with Crippen molar-refractivity contribution in [3.63, 3.8) is 0 Å². The third-order valence-electron chi connectivity index (χ3n) is 7.68. The van der Waals surface area contributed by atoms with Gasteiger partial charge in [-0.1, -0.05) is 54.6 Å². The highest BCUT2D eigenvalue weighted by molar-refractivity contribution is 5.92. The SMILES string of the molecule is C[C@@H]1NC(=O)[C@H](CO)NC(=O)[C@@H](NC(=O)Cc2cccc(F)c2F)Cc2ccc(cc2)OCCNC(=O)Cn2nc(-c3ccccc3)nc21. The fourth-order valence-corrected chi connectivity index (χ4v) is 5.17. The molecule has 0 unspecified atom stereocenters. The van der Waals surface area contributed by atoms with Gasteiger partial charge < -0.3 is 31.1 Å². The molecule has 0 spiro atoms. The predicted octanol–water partition coefficient (Wildman–Crippen LogP) is 1.36. The van der Waals surface area contributed by atoms with Gasteiger partial charge in [-0.05, 0) is 30.7 Å². The number of nitrogens with zero attached hydrogens (tertiary/aromatic N) is 3. The molecule has 3 atom stereocenters. The molecular formula is C34H35F2N7O6. The number of carbonyl (C=O) groups excluding carboxylic acids is 4. The zero-order valence-corrected chi connectivity index (χ0v) is 26.5. The van der Waals surface area contributed by atoms with Gasteiger partial charge in [0.25, 0.3) is 0 Å². The van der Waals surface area contributed by atoms with Crippen LogP contribution in [0.3, 0.4) is 0 Å². The van der Waals surface area contributed by atoms with Crippen LogP contribution in [0.5, 0.6) is 5.75 Å². The molecule has 2 aliphatic heterocycles. The molecule has 6 rings (SSSR count). The van der Waals surface area contributed by atoms with Crippen LogP contribution in [0, 0.1) is 11.6 Å². The van der Waals surface area contributed by atoms with E-state index >= 15 is 0 Å². The smallest absolute Gasteiger partial charge is 0.245 e. The lowest BCUT2D eigenvalue weighted by molar-refractivity contribution is -0.132. The summed E-state index contributed by atoms with van der Waals surface area (Å²) in [4.78, 5) is 57.3. The van der Waals surface area contributed by atoms with Crippen molar-refractivity contribution in [2.75, 3.05) is 19.8 Å². The largest absolute Gasteiger partial charge is 0.492 e. The number of aliphatic hydroxyl groups is 1. The molecule has 0 radical (unpaired) electrons. The predicted molar refractivity (Wildman–Crippen MR) is 172 cm³/mol. The molecule has 0 fully saturated rings. The summed E-state index contributed by atoms with van der Waals surface area (Å²) in [6.45, 7) is 0.929. The molecule has 5 N–H and O–H groups in total. The Morgan fingerprint density at radius 2 is 1.76 bits per heavy atom. The number of hydrogen-bond donors (Lipinski definition) is 5. The molecule has 13 nitrogen and oxygen atoms in total. The number of rotatable bonds is 5. The lowest BCUT2D eigenvalue weighted by Gasteiger charge is -2.24. The van der Waals surface area contributed by atoms with Crippen molar-refractivity contribution in [3.8, 4) is 17.1 Å². The van der Waals surface area contributed by atoms with Crippen molar-refractivity contribution >= 4 is 23.6 Å². The Morgan fingerprint density at radius 3 is 2.49 bits per heavy atom. The highest BCUT2D eigenvalue weighted by Gasteiger charge is 2.29. The molecule has 4 aromatic rings. The maximum atomic E-state index is 14.3. The van der Waals surface area contributed by atoms with E-state index in [1.165, 1.54) is 16.8 Å². The van der Waals surface area contributed by atoms with Crippen LogP contribution in [0.15, 0.2) is 72.8 Å². The van der Waals surface area contributed by atoms with Gasteiger partial charge >= 0.3 is 0 Å². The first-order chi connectivity index (χ1) is 23.6. The number of fused-ring (bicyclic) bond motifs is 14. The van der Waals surface area contributed by atoms with Gasteiger partial charge in [0.05, 0.1) is 25.6 Å². The van der Waals surface area contributed by atoms with Crippen LogP contribution >= 0.6 is 0 Å². The lowest BCUT2D eigenvalue weighted by Crippen LogP contribution is -2.56. The molecule has 0 saturated heterocycles. The van der Waals surface area contributed by atoms with E-state index in [0.29, 0.717) is 22.7 Å². The van der Waals surface area contributed by atoms with E-state index in [4.69, 9.17) is 4.74 Å². The summed E-state index contributed by atoms with van der Waals surface area (Å²) in [5.74, 6) is -3.97. The highest BCUT2D eigenvalue weighted by Crippen LogP contribution is 2.20. The molecule has 1 aromatic heterocycles. The van der Waals surface area contributed by atoms with Gasteiger partial charge in [0.2, 0.25) is 23.6 Å². The zero-order chi connectivity index (χ0) is 34.9. The number of ether oxygens (including phenoxy) is 1. The second-order valence-corrected chi connectivity index (χ2v) is 11.3. The molecule has 3 aromatic carbocycles. The number of halogens is 2. The van der Waals surface area contributed by atoms with Gasteiger partial charge in [0, 0.05) is 17.5 Å². The highest BCUT2D eigenvalue weighted by atomic mass is 19.2. The molecule has 3 heterocycles. The Labute approximate surface area is 280 Å². The quantitative estimate of drug-likeness (QED) is 0.211. The second kappa shape index (κ2) is 15.9. The minimum absolute atomic E-state index is 0.0545. The molecule has 49 heavy (non-hydrogen) atoms. The Bertz CT molecular complexity index is 1800. The first-order valence-corrected chi connectivity index (χ1v) is 15.5. The van der Waals surface area contributed by atoms with Crippen LogP contribution in [0.25, 0.3) is 11.4 Å². The summed E-state index contributed by atoms with van der Waals surface area (Å²) in [7, 11) is 0. The van der Waals surface area contributed by atoms with Crippen molar-refractivity contribution < 1.29 is 37.8 Å². The minimum Gasteiger partial charge on any atom is -0.492 e. The number of amides is 4. The maximum Gasteiger partial charge on any atom is 0.245 e. The Hall–Kier alpha value is -5.70. The van der Waals surface area contributed by atoms with Gasteiger partial charge in [0.15, 0.2) is 17.5 Å². The Balaban J connectivity index is 1.41. The van der Waals surface area contributed by atoms with Gasteiger partial charge in [-0.15, -0.1) is 0 Å². The maximum absolute atomic E-state index is 14.3. The van der Waals surface area contributed by atoms with Crippen molar-refractivity contribution in [3.05, 3.63) is 101 Å². The fourth-order valence-electron chi connectivity index (χ4n) is 5.17. The standard InChI is InChI=1S/C34H35F2N7O6/c1-20-32-41-31(22-6-3-2-4-7-22)42-43(32)18-29(46)37-14-15-49-24-12-10-21(11-13-24)16-26(33(47)40-27(19-44)34(48)38-20)39-28(45)17-23-8-5-9-25(35)30(23)36/h2-13,20,26-27,44H,14-19H2,1H3,(H,37,46)(H,38,48)(H,39,45)(H,40,47)/t20-,26-,27-/m0/s1. The third-order valence-corrected chi connectivity index (χ3v) is 7.68. The second-order valence-electron chi connectivity index (χ2n) is 11.3. The number of aromatic nitrogens is 3. The summed E-state index contributed by atoms with van der Waals surface area (Å²) in [5, 5.41) is 25.1. The van der Waals surface area contributed by atoms with Gasteiger partial charge in [-0.25, -0.2) is 18.4 Å². The van der Waals surface area contributed by atoms with Crippen molar-refractivity contribution in [1.29, 1.82) is 0 Å². The van der Waals surface area contributed by atoms with E-state index in [0.717, 1.165) is 6.07 Å². The van der Waals surface area contributed by atoms with Crippen molar-refractivity contribution in [2.45, 2.75) is 44.4 Å². The number of carbonyl (C=O) groups is 4. The summed E-state index contributed by atoms with van der Waals surface area (Å²) in [6.07, 6.45) is -0.606. The average Bonchev–Trinajstić information content (AvgIpc) is 3.51. The summed E-state index contributed by atoms with van der Waals surface area (Å²) < 4.78 is 35.1. The van der Waals surface area contributed by atoms with Crippen LogP contribution in [0.4, 0.5) is 8.78 Å². The normalized spacial score (nSPS) is 19.1. The van der Waals surface area contributed by atoms with Gasteiger partial charge in [-0.2, -0.15) is 5.10 Å². The molecule has 2 aliphatic rings. The first-order valence-electron chi connectivity index (χ1n) is 15.5. The fraction of sp³-hybridized carbons (Fsp3) is 0.294. The summed E-state index contributed by atoms with van der Waals surface area (Å²) in [6, 6.07) is 15.6. The van der Waals surface area contributed by atoms with E-state index in [1.807, 2.05) is 18.2 Å². The molecule has 0 aliphatic carbocycles. The average molecular weight is 676 g/mol. The van der Waals surface area contributed by atoms with E-state index in [-0.39, 0.29) is 43.4 Å². The Kier molecular flexibility index (Phi) is 11.3. The van der Waals surface area contributed by atoms with E-state index in [9.17, 15) is 33.1 Å². The van der Waals surface area contributed by atoms with Crippen molar-refractivity contribution in [2.24, 2.45) is 0 Å². The van der Waals surface area contributed by atoms with Crippen LogP contribution in [0.1, 0.15) is 29.9 Å². The number of hydrogen-bond acceptors (Lipinski definition) is 8. The number of aliphatic hydroxyl groups excluding tert-OH is 1. The summed E-state index contributed by atoms with van der Waals surface area (Å²) in [5.41, 5.74) is 1.08. The van der Waals surface area contributed by atoms with E-state index in [2.05, 4.69) is 31.3 Å².